The van der Waals surface area contributed by atoms with Crippen LogP contribution in [0, 0.1) is 0 Å². The van der Waals surface area contributed by atoms with Crippen LogP contribution in [0.3, 0.4) is 0 Å². The number of hydrogen-bond donors (Lipinski definition) is 2. The highest BCUT2D eigenvalue weighted by Gasteiger charge is 2.36. The molecule has 0 atom stereocenters. The summed E-state index contributed by atoms with van der Waals surface area (Å²) in [6.07, 6.45) is 1.58. The summed E-state index contributed by atoms with van der Waals surface area (Å²) in [4.78, 5) is 0. The average molecular weight is 187 g/mol. The molecule has 0 aromatic heterocycles. The van der Waals surface area contributed by atoms with Crippen molar-refractivity contribution in [2.24, 2.45) is 0 Å². The standard InChI is InChI=1S/C9H19NO.C2H6/c1-8(2)5-7(11)6-9(3,4)10-8;1-2/h7,10-11H,5-6H2,1-4H3;1-2H3. The summed E-state index contributed by atoms with van der Waals surface area (Å²) >= 11 is 0. The Morgan fingerprint density at radius 2 is 1.31 bits per heavy atom. The number of aliphatic hydroxyl groups excluding tert-OH is 1. The van der Waals surface area contributed by atoms with E-state index >= 15 is 0 Å². The summed E-state index contributed by atoms with van der Waals surface area (Å²) in [5.41, 5.74) is 0.169. The van der Waals surface area contributed by atoms with Crippen molar-refractivity contribution in [2.75, 3.05) is 0 Å². The molecule has 2 nitrogen and oxygen atoms in total. The largest absolute Gasteiger partial charge is 0.393 e. The second kappa shape index (κ2) is 4.43. The Labute approximate surface area is 82.7 Å². The third-order valence-electron chi connectivity index (χ3n) is 2.17. The molecule has 2 heteroatoms. The van der Waals surface area contributed by atoms with Gasteiger partial charge in [0.25, 0.3) is 0 Å². The van der Waals surface area contributed by atoms with E-state index in [9.17, 15) is 5.11 Å². The van der Waals surface area contributed by atoms with Gasteiger partial charge in [0.2, 0.25) is 0 Å². The lowest BCUT2D eigenvalue weighted by Crippen LogP contribution is -2.59. The van der Waals surface area contributed by atoms with E-state index in [0.29, 0.717) is 0 Å². The van der Waals surface area contributed by atoms with Crippen LogP contribution in [-0.4, -0.2) is 22.3 Å². The molecule has 1 fully saturated rings. The van der Waals surface area contributed by atoms with Gasteiger partial charge in [-0.05, 0) is 40.5 Å². The number of piperidine rings is 1. The Hall–Kier alpha value is -0.0800. The van der Waals surface area contributed by atoms with Gasteiger partial charge in [-0.1, -0.05) is 13.8 Å². The average Bonchev–Trinajstić information content (AvgIpc) is 1.82. The van der Waals surface area contributed by atoms with Gasteiger partial charge >= 0.3 is 0 Å². The van der Waals surface area contributed by atoms with Gasteiger partial charge in [-0.2, -0.15) is 0 Å². The van der Waals surface area contributed by atoms with Crippen molar-refractivity contribution in [3.8, 4) is 0 Å². The molecule has 1 rings (SSSR count). The van der Waals surface area contributed by atoms with E-state index in [4.69, 9.17) is 0 Å². The maximum atomic E-state index is 9.54. The Balaban J connectivity index is 0.000000671. The van der Waals surface area contributed by atoms with E-state index in [1.54, 1.807) is 0 Å². The summed E-state index contributed by atoms with van der Waals surface area (Å²) in [5.74, 6) is 0. The van der Waals surface area contributed by atoms with Crippen LogP contribution in [-0.2, 0) is 0 Å². The normalized spacial score (nSPS) is 26.1. The summed E-state index contributed by atoms with van der Waals surface area (Å²) < 4.78 is 0. The minimum absolute atomic E-state index is 0.0845. The van der Waals surface area contributed by atoms with E-state index in [2.05, 4.69) is 33.0 Å². The first-order chi connectivity index (χ1) is 5.81. The summed E-state index contributed by atoms with van der Waals surface area (Å²) in [6, 6.07) is 0. The minimum Gasteiger partial charge on any atom is -0.393 e. The molecule has 0 amide bonds. The van der Waals surface area contributed by atoms with E-state index < -0.39 is 0 Å². The van der Waals surface area contributed by atoms with Gasteiger partial charge in [0, 0.05) is 11.1 Å². The van der Waals surface area contributed by atoms with Crippen LogP contribution in [0.15, 0.2) is 0 Å². The zero-order valence-electron chi connectivity index (χ0n) is 9.94. The first-order valence-corrected chi connectivity index (χ1v) is 5.28. The van der Waals surface area contributed by atoms with Crippen molar-refractivity contribution in [1.82, 2.24) is 5.32 Å². The first-order valence-electron chi connectivity index (χ1n) is 5.28. The highest BCUT2D eigenvalue weighted by atomic mass is 16.3. The third kappa shape index (κ3) is 4.63. The number of hydrogen-bond acceptors (Lipinski definition) is 2. The van der Waals surface area contributed by atoms with Gasteiger partial charge in [0.1, 0.15) is 0 Å². The van der Waals surface area contributed by atoms with Crippen molar-refractivity contribution >= 4 is 0 Å². The van der Waals surface area contributed by atoms with E-state index in [1.807, 2.05) is 13.8 Å². The zero-order valence-corrected chi connectivity index (χ0v) is 9.94. The Bertz CT molecular complexity index is 136. The third-order valence-corrected chi connectivity index (χ3v) is 2.17. The van der Waals surface area contributed by atoms with Gasteiger partial charge in [-0.3, -0.25) is 0 Å². The van der Waals surface area contributed by atoms with Crippen LogP contribution in [0.25, 0.3) is 0 Å². The molecular weight excluding hydrogens is 162 g/mol. The molecule has 1 heterocycles. The number of rotatable bonds is 0. The van der Waals surface area contributed by atoms with Crippen molar-refractivity contribution in [3.05, 3.63) is 0 Å². The van der Waals surface area contributed by atoms with Crippen LogP contribution in [0.1, 0.15) is 54.4 Å². The second-order valence-electron chi connectivity index (χ2n) is 4.95. The molecule has 0 radical (unpaired) electrons. The second-order valence-corrected chi connectivity index (χ2v) is 4.95. The summed E-state index contributed by atoms with van der Waals surface area (Å²) in [5, 5.41) is 13.0. The van der Waals surface area contributed by atoms with Gasteiger partial charge in [0.05, 0.1) is 6.10 Å². The fraction of sp³-hybridized carbons (Fsp3) is 1.00. The Kier molecular flexibility index (Phi) is 4.40. The quantitative estimate of drug-likeness (QED) is 0.610. The predicted molar refractivity (Wildman–Crippen MR) is 57.9 cm³/mol. The number of nitrogens with one attached hydrogen (secondary N) is 1. The van der Waals surface area contributed by atoms with Crippen molar-refractivity contribution in [3.63, 3.8) is 0 Å². The zero-order chi connectivity index (χ0) is 10.7. The summed E-state index contributed by atoms with van der Waals surface area (Å²) in [6.45, 7) is 12.5. The maximum absolute atomic E-state index is 9.54. The first kappa shape index (κ1) is 12.9. The highest BCUT2D eigenvalue weighted by molar-refractivity contribution is 4.96. The predicted octanol–water partition coefficient (Wildman–Crippen LogP) is 2.31. The van der Waals surface area contributed by atoms with Gasteiger partial charge in [-0.25, -0.2) is 0 Å². The molecule has 0 saturated carbocycles. The van der Waals surface area contributed by atoms with E-state index in [-0.39, 0.29) is 17.2 Å². The van der Waals surface area contributed by atoms with Gasteiger partial charge in [-0.15, -0.1) is 0 Å². The summed E-state index contributed by atoms with van der Waals surface area (Å²) in [7, 11) is 0. The molecule has 0 aliphatic carbocycles. The van der Waals surface area contributed by atoms with E-state index in [1.165, 1.54) is 0 Å². The van der Waals surface area contributed by atoms with Crippen LogP contribution in [0.5, 0.6) is 0 Å². The Morgan fingerprint density at radius 1 is 1.00 bits per heavy atom. The molecule has 0 aromatic carbocycles. The molecule has 0 unspecified atom stereocenters. The topological polar surface area (TPSA) is 32.3 Å². The molecule has 80 valence electrons. The van der Waals surface area contributed by atoms with Gasteiger partial charge in [0.15, 0.2) is 0 Å². The molecule has 2 N–H and O–H groups in total. The van der Waals surface area contributed by atoms with E-state index in [0.717, 1.165) is 12.8 Å². The molecule has 0 bridgehead atoms. The minimum atomic E-state index is -0.138. The smallest absolute Gasteiger partial charge is 0.0575 e. The SMILES string of the molecule is CC.CC1(C)CC(O)CC(C)(C)N1. The molecule has 1 aliphatic heterocycles. The van der Waals surface area contributed by atoms with Crippen LogP contribution in [0.4, 0.5) is 0 Å². The van der Waals surface area contributed by atoms with Crippen LogP contribution < -0.4 is 5.32 Å². The van der Waals surface area contributed by atoms with Crippen LogP contribution >= 0.6 is 0 Å². The molecule has 13 heavy (non-hydrogen) atoms. The molecular formula is C11H25NO. The van der Waals surface area contributed by atoms with Crippen molar-refractivity contribution < 1.29 is 5.11 Å². The highest BCUT2D eigenvalue weighted by Crippen LogP contribution is 2.27. The van der Waals surface area contributed by atoms with Crippen LogP contribution in [0.2, 0.25) is 0 Å². The Morgan fingerprint density at radius 3 is 1.54 bits per heavy atom. The fourth-order valence-electron chi connectivity index (χ4n) is 2.27. The fourth-order valence-corrected chi connectivity index (χ4v) is 2.27. The lowest BCUT2D eigenvalue weighted by atomic mass is 9.81. The van der Waals surface area contributed by atoms with Gasteiger partial charge < -0.3 is 10.4 Å². The molecule has 0 aromatic rings. The maximum Gasteiger partial charge on any atom is 0.0575 e. The number of aliphatic hydroxyl groups is 1. The monoisotopic (exact) mass is 187 g/mol. The lowest BCUT2D eigenvalue weighted by molar-refractivity contribution is 0.0396. The molecule has 0 spiro atoms. The van der Waals surface area contributed by atoms with Crippen molar-refractivity contribution in [1.29, 1.82) is 0 Å². The molecule has 1 saturated heterocycles. The van der Waals surface area contributed by atoms with Crippen molar-refractivity contribution in [2.45, 2.75) is 71.6 Å². The lowest BCUT2D eigenvalue weighted by Gasteiger charge is -2.44. The molecule has 1 aliphatic rings.